The molecule has 2 unspecified atom stereocenters. The predicted molar refractivity (Wildman–Crippen MR) is 141 cm³/mol. The van der Waals surface area contributed by atoms with Gasteiger partial charge < -0.3 is 19.6 Å². The van der Waals surface area contributed by atoms with E-state index in [0.717, 1.165) is 67.1 Å². The summed E-state index contributed by atoms with van der Waals surface area (Å²) in [5.74, 6) is 0.852. The summed E-state index contributed by atoms with van der Waals surface area (Å²) in [4.78, 5) is 22.8. The number of aryl methyl sites for hydroxylation is 1. The van der Waals surface area contributed by atoms with Gasteiger partial charge in [-0.3, -0.25) is 4.79 Å². The number of aromatic nitrogens is 3. The molecule has 2 aliphatic rings. The first-order valence-electron chi connectivity index (χ1n) is 12.1. The molecule has 5 rings (SSSR count). The topological polar surface area (TPSA) is 86.0 Å². The van der Waals surface area contributed by atoms with Crippen molar-refractivity contribution in [3.63, 3.8) is 0 Å². The molecule has 0 radical (unpaired) electrons. The van der Waals surface area contributed by atoms with Crippen LogP contribution >= 0.6 is 23.5 Å². The summed E-state index contributed by atoms with van der Waals surface area (Å²) < 4.78 is 5.03. The molecule has 10 heteroatoms. The average Bonchev–Trinajstić information content (AvgIpc) is 3.36. The second kappa shape index (κ2) is 10.2. The summed E-state index contributed by atoms with van der Waals surface area (Å²) in [5, 5.41) is 15.4. The van der Waals surface area contributed by atoms with Crippen LogP contribution in [-0.4, -0.2) is 62.5 Å². The molecule has 0 saturated carbocycles. The molecule has 2 fully saturated rings. The van der Waals surface area contributed by atoms with Gasteiger partial charge in [0.05, 0.1) is 29.1 Å². The van der Waals surface area contributed by atoms with E-state index in [1.54, 1.807) is 12.1 Å². The third kappa shape index (κ3) is 4.94. The Balaban J connectivity index is 1.50. The number of carbonyl (C=O) groups is 1. The molecule has 2 aliphatic heterocycles. The molecular weight excluding hydrogens is 484 g/mol. The second-order valence-corrected chi connectivity index (χ2v) is 10.4. The number of nitrogens with one attached hydrogen (secondary N) is 1. The van der Waals surface area contributed by atoms with Crippen LogP contribution in [0, 0.1) is 6.92 Å². The second-order valence-electron chi connectivity index (χ2n) is 9.37. The molecule has 0 spiro atoms. The van der Waals surface area contributed by atoms with Crippen LogP contribution in [0.5, 0.6) is 0 Å². The molecule has 2 N–H and O–H groups in total. The lowest BCUT2D eigenvalue weighted by molar-refractivity contribution is 0.0678. The van der Waals surface area contributed by atoms with E-state index >= 15 is 0 Å². The fourth-order valence-corrected chi connectivity index (χ4v) is 5.71. The Labute approximate surface area is 214 Å². The third-order valence-corrected chi connectivity index (χ3v) is 7.53. The van der Waals surface area contributed by atoms with Crippen molar-refractivity contribution in [2.45, 2.75) is 51.2 Å². The molecule has 2 atom stereocenters. The van der Waals surface area contributed by atoms with E-state index in [1.807, 2.05) is 40.9 Å². The molecule has 1 aromatic carbocycles. The SMILES string of the molecule is CSNc1ccc(Cl)cc1C(=O)N1CCCCCC1c1cc2nc(N3CCC(O)C3)c(C)cn2n1. The maximum Gasteiger partial charge on any atom is 0.256 e. The lowest BCUT2D eigenvalue weighted by atomic mass is 10.0. The van der Waals surface area contributed by atoms with Crippen molar-refractivity contribution in [2.24, 2.45) is 0 Å². The quantitative estimate of drug-likeness (QED) is 0.477. The Morgan fingerprint density at radius 1 is 1.20 bits per heavy atom. The number of aliphatic hydroxyl groups excluding tert-OH is 1. The van der Waals surface area contributed by atoms with Gasteiger partial charge >= 0.3 is 0 Å². The molecule has 8 nitrogen and oxygen atoms in total. The van der Waals surface area contributed by atoms with Crippen molar-refractivity contribution in [3.8, 4) is 0 Å². The smallest absolute Gasteiger partial charge is 0.256 e. The van der Waals surface area contributed by atoms with Crippen molar-refractivity contribution in [1.29, 1.82) is 0 Å². The minimum atomic E-state index is -0.310. The number of carbonyl (C=O) groups excluding carboxylic acids is 1. The minimum Gasteiger partial charge on any atom is -0.391 e. The molecule has 2 aromatic heterocycles. The lowest BCUT2D eigenvalue weighted by Crippen LogP contribution is -2.35. The van der Waals surface area contributed by atoms with Crippen LogP contribution in [0.15, 0.2) is 30.5 Å². The van der Waals surface area contributed by atoms with Crippen LogP contribution in [0.3, 0.4) is 0 Å². The number of nitrogens with zero attached hydrogens (tertiary/aromatic N) is 5. The average molecular weight is 515 g/mol. The first-order valence-corrected chi connectivity index (χ1v) is 13.7. The van der Waals surface area contributed by atoms with Gasteiger partial charge in [-0.2, -0.15) is 5.10 Å². The summed E-state index contributed by atoms with van der Waals surface area (Å²) in [6, 6.07) is 7.27. The van der Waals surface area contributed by atoms with Crippen LogP contribution < -0.4 is 9.62 Å². The van der Waals surface area contributed by atoms with E-state index in [0.29, 0.717) is 23.7 Å². The fourth-order valence-electron chi connectivity index (χ4n) is 5.14. The van der Waals surface area contributed by atoms with E-state index in [-0.39, 0.29) is 18.1 Å². The Morgan fingerprint density at radius 2 is 2.06 bits per heavy atom. The molecule has 186 valence electrons. The van der Waals surface area contributed by atoms with Crippen molar-refractivity contribution in [1.82, 2.24) is 19.5 Å². The highest BCUT2D eigenvalue weighted by Crippen LogP contribution is 2.34. The monoisotopic (exact) mass is 514 g/mol. The van der Waals surface area contributed by atoms with Gasteiger partial charge in [-0.15, -0.1) is 0 Å². The number of rotatable bonds is 5. The zero-order valence-electron chi connectivity index (χ0n) is 20.1. The Morgan fingerprint density at radius 3 is 2.83 bits per heavy atom. The van der Waals surface area contributed by atoms with Crippen molar-refractivity contribution >= 4 is 46.6 Å². The highest BCUT2D eigenvalue weighted by Gasteiger charge is 2.31. The maximum absolute atomic E-state index is 13.8. The Kier molecular flexibility index (Phi) is 7.09. The fraction of sp³-hybridized carbons (Fsp3) is 0.480. The van der Waals surface area contributed by atoms with Gasteiger partial charge in [-0.1, -0.05) is 36.4 Å². The molecule has 0 aliphatic carbocycles. The molecule has 0 bridgehead atoms. The van der Waals surface area contributed by atoms with Crippen LogP contribution in [0.4, 0.5) is 11.5 Å². The Hall–Kier alpha value is -2.49. The van der Waals surface area contributed by atoms with Crippen LogP contribution in [0.2, 0.25) is 5.02 Å². The van der Waals surface area contributed by atoms with Crippen molar-refractivity contribution in [2.75, 3.05) is 35.5 Å². The van der Waals surface area contributed by atoms with E-state index in [1.165, 1.54) is 11.9 Å². The van der Waals surface area contributed by atoms with Gasteiger partial charge in [0.1, 0.15) is 5.82 Å². The normalized spacial score (nSPS) is 20.9. The zero-order chi connectivity index (χ0) is 24.5. The number of β-amino-alcohol motifs (C(OH)–C–C–N with tert-alkyl or cyclic N) is 1. The minimum absolute atomic E-state index is 0.0381. The first-order chi connectivity index (χ1) is 16.9. The van der Waals surface area contributed by atoms with Crippen molar-refractivity contribution in [3.05, 3.63) is 52.3 Å². The summed E-state index contributed by atoms with van der Waals surface area (Å²) in [6.45, 7) is 4.09. The molecule has 3 aromatic rings. The number of amides is 1. The number of benzene rings is 1. The number of aliphatic hydroxyl groups is 1. The molecule has 35 heavy (non-hydrogen) atoms. The number of anilines is 2. The molecule has 1 amide bonds. The van der Waals surface area contributed by atoms with E-state index in [2.05, 4.69) is 9.62 Å². The predicted octanol–water partition coefficient (Wildman–Crippen LogP) is 4.71. The van der Waals surface area contributed by atoms with Gasteiger partial charge in [0.15, 0.2) is 5.65 Å². The maximum atomic E-state index is 13.8. The van der Waals surface area contributed by atoms with Crippen LogP contribution in [-0.2, 0) is 0 Å². The summed E-state index contributed by atoms with van der Waals surface area (Å²) in [6.07, 6.45) is 8.30. The number of hydrogen-bond donors (Lipinski definition) is 2. The molecular formula is C25H31ClN6O2S. The molecule has 2 saturated heterocycles. The van der Waals surface area contributed by atoms with Crippen molar-refractivity contribution < 1.29 is 9.90 Å². The number of hydrogen-bond acceptors (Lipinski definition) is 7. The van der Waals surface area contributed by atoms with E-state index in [9.17, 15) is 9.90 Å². The van der Waals surface area contributed by atoms with Gasteiger partial charge in [0, 0.05) is 48.7 Å². The zero-order valence-corrected chi connectivity index (χ0v) is 21.6. The highest BCUT2D eigenvalue weighted by atomic mass is 35.5. The lowest BCUT2D eigenvalue weighted by Gasteiger charge is -2.29. The number of likely N-dealkylation sites (tertiary alicyclic amines) is 1. The van der Waals surface area contributed by atoms with Crippen LogP contribution in [0.1, 0.15) is 59.8 Å². The summed E-state index contributed by atoms with van der Waals surface area (Å²) >= 11 is 7.73. The number of halogens is 1. The van der Waals surface area contributed by atoms with Gasteiger partial charge in [0.2, 0.25) is 0 Å². The standard InChI is InChI=1S/C25H31ClN6O2S/c1-16-14-32-23(27-24(16)30-11-9-18(33)15-30)13-21(28-32)22-6-4-3-5-10-31(22)25(34)19-12-17(26)7-8-20(19)29-35-2/h7-8,12-14,18,22,29,33H,3-6,9-11,15H2,1-2H3. The van der Waals surface area contributed by atoms with Crippen LogP contribution in [0.25, 0.3) is 5.65 Å². The summed E-state index contributed by atoms with van der Waals surface area (Å²) in [7, 11) is 0. The molecule has 4 heterocycles. The van der Waals surface area contributed by atoms with E-state index < -0.39 is 0 Å². The highest BCUT2D eigenvalue weighted by molar-refractivity contribution is 7.99. The van der Waals surface area contributed by atoms with Gasteiger partial charge in [0.25, 0.3) is 5.91 Å². The first kappa shape index (κ1) is 24.2. The van der Waals surface area contributed by atoms with Gasteiger partial charge in [-0.05, 0) is 44.4 Å². The van der Waals surface area contributed by atoms with E-state index in [4.69, 9.17) is 21.7 Å². The van der Waals surface area contributed by atoms with Gasteiger partial charge in [-0.25, -0.2) is 9.50 Å². The largest absolute Gasteiger partial charge is 0.391 e. The third-order valence-electron chi connectivity index (χ3n) is 6.87. The number of fused-ring (bicyclic) bond motifs is 1. The summed E-state index contributed by atoms with van der Waals surface area (Å²) in [5.41, 5.74) is 3.96. The Bertz CT molecular complexity index is 1230.